The van der Waals surface area contributed by atoms with E-state index >= 15 is 0 Å². The molecule has 7 heteroatoms. The van der Waals surface area contributed by atoms with Crippen LogP contribution in [-0.4, -0.2) is 21.8 Å². The van der Waals surface area contributed by atoms with Gasteiger partial charge < -0.3 is 5.32 Å². The van der Waals surface area contributed by atoms with E-state index in [0.29, 0.717) is 17.1 Å². The number of amides is 3. The van der Waals surface area contributed by atoms with Crippen LogP contribution in [0.2, 0.25) is 5.02 Å². The first kappa shape index (κ1) is 18.7. The average Bonchev–Trinajstić information content (AvgIpc) is 3.23. The molecule has 0 aliphatic carbocycles. The number of rotatable bonds is 5. The molecule has 1 N–H and O–H groups in total. The van der Waals surface area contributed by atoms with Crippen LogP contribution in [0.15, 0.2) is 60.0 Å². The van der Waals surface area contributed by atoms with Crippen LogP contribution in [-0.2, 0) is 23.3 Å². The lowest BCUT2D eigenvalue weighted by molar-refractivity contribution is -0.131. The summed E-state index contributed by atoms with van der Waals surface area (Å²) in [6.07, 6.45) is 0.684. The lowest BCUT2D eigenvalue weighted by atomic mass is 9.92. The van der Waals surface area contributed by atoms with Gasteiger partial charge in [0.1, 0.15) is 5.54 Å². The topological polar surface area (TPSA) is 62.3 Å². The van der Waals surface area contributed by atoms with E-state index in [0.717, 1.165) is 16.1 Å². The average molecular weight is 412 g/mol. The smallest absolute Gasteiger partial charge is 0.319 e. The molecule has 4 rings (SSSR count). The number of halogens is 1. The van der Waals surface area contributed by atoms with E-state index in [1.54, 1.807) is 6.92 Å². The predicted molar refractivity (Wildman–Crippen MR) is 109 cm³/mol. The molecule has 1 aromatic heterocycles. The molecule has 1 aliphatic heterocycles. The zero-order valence-corrected chi connectivity index (χ0v) is 16.8. The maximum atomic E-state index is 13.0. The highest BCUT2D eigenvalue weighted by Crippen LogP contribution is 2.30. The van der Waals surface area contributed by atoms with Gasteiger partial charge in [0.25, 0.3) is 5.91 Å². The number of benzene rings is 2. The molecule has 2 aromatic carbocycles. The van der Waals surface area contributed by atoms with Crippen molar-refractivity contribution in [2.75, 3.05) is 0 Å². The van der Waals surface area contributed by atoms with E-state index in [1.807, 2.05) is 60.0 Å². The number of imide groups is 1. The Morgan fingerprint density at radius 1 is 1.11 bits per heavy atom. The molecule has 1 atom stereocenters. The lowest BCUT2D eigenvalue weighted by Crippen LogP contribution is -2.40. The minimum Gasteiger partial charge on any atom is -0.319 e. The molecule has 142 valence electrons. The summed E-state index contributed by atoms with van der Waals surface area (Å²) in [6, 6.07) is 16.5. The molecule has 3 amide bonds. The van der Waals surface area contributed by atoms with E-state index in [9.17, 15) is 9.59 Å². The Balaban J connectivity index is 1.49. The van der Waals surface area contributed by atoms with Crippen molar-refractivity contribution >= 4 is 34.9 Å². The van der Waals surface area contributed by atoms with Crippen molar-refractivity contribution in [3.05, 3.63) is 86.8 Å². The highest BCUT2D eigenvalue weighted by Gasteiger charge is 2.48. The fraction of sp³-hybridized carbons (Fsp3) is 0.190. The summed E-state index contributed by atoms with van der Waals surface area (Å²) in [5.74, 6) is -0.268. The summed E-state index contributed by atoms with van der Waals surface area (Å²) < 4.78 is 0. The van der Waals surface area contributed by atoms with Crippen LogP contribution in [0.5, 0.6) is 0 Å². The zero-order chi connectivity index (χ0) is 19.7. The van der Waals surface area contributed by atoms with Gasteiger partial charge in [-0.2, -0.15) is 0 Å². The van der Waals surface area contributed by atoms with Crippen molar-refractivity contribution in [1.29, 1.82) is 0 Å². The summed E-state index contributed by atoms with van der Waals surface area (Å²) in [4.78, 5) is 31.3. The second kappa shape index (κ2) is 7.37. The molecule has 1 saturated heterocycles. The highest BCUT2D eigenvalue weighted by molar-refractivity contribution is 7.09. The summed E-state index contributed by atoms with van der Waals surface area (Å²) in [6.45, 7) is 1.89. The van der Waals surface area contributed by atoms with Crippen molar-refractivity contribution in [3.8, 4) is 0 Å². The molecule has 0 spiro atoms. The monoisotopic (exact) mass is 411 g/mol. The van der Waals surface area contributed by atoms with Gasteiger partial charge in [-0.25, -0.2) is 9.78 Å². The number of nitrogens with zero attached hydrogens (tertiary/aromatic N) is 2. The van der Waals surface area contributed by atoms with E-state index in [4.69, 9.17) is 11.6 Å². The Morgan fingerprint density at radius 2 is 1.82 bits per heavy atom. The predicted octanol–water partition coefficient (Wildman–Crippen LogP) is 4.35. The third kappa shape index (κ3) is 3.53. The largest absolute Gasteiger partial charge is 0.325 e. The second-order valence-corrected chi connectivity index (χ2v) is 8.23. The number of aromatic nitrogens is 1. The summed E-state index contributed by atoms with van der Waals surface area (Å²) in [5.41, 5.74) is 1.52. The first-order valence-corrected chi connectivity index (χ1v) is 10.1. The minimum absolute atomic E-state index is 0.157. The molecule has 3 aromatic rings. The molecule has 1 unspecified atom stereocenters. The van der Waals surface area contributed by atoms with Gasteiger partial charge in [-0.1, -0.05) is 54.1 Å². The maximum Gasteiger partial charge on any atom is 0.325 e. The zero-order valence-electron chi connectivity index (χ0n) is 15.2. The maximum absolute atomic E-state index is 13.0. The first-order chi connectivity index (χ1) is 13.5. The van der Waals surface area contributed by atoms with Gasteiger partial charge in [-0.05, 0) is 30.2 Å². The van der Waals surface area contributed by atoms with Crippen LogP contribution in [0.3, 0.4) is 0 Å². The Bertz CT molecular complexity index is 1020. The Labute approximate surface area is 172 Å². The molecular weight excluding hydrogens is 394 g/mol. The molecule has 0 radical (unpaired) electrons. The quantitative estimate of drug-likeness (QED) is 0.634. The Morgan fingerprint density at radius 3 is 2.54 bits per heavy atom. The highest BCUT2D eigenvalue weighted by atomic mass is 35.5. The molecule has 2 heterocycles. The minimum atomic E-state index is -1.06. The van der Waals surface area contributed by atoms with Crippen LogP contribution < -0.4 is 5.32 Å². The van der Waals surface area contributed by atoms with Crippen LogP contribution in [0, 0.1) is 0 Å². The molecule has 1 fully saturated rings. The molecule has 5 nitrogen and oxygen atoms in total. The van der Waals surface area contributed by atoms with Crippen molar-refractivity contribution in [3.63, 3.8) is 0 Å². The fourth-order valence-corrected chi connectivity index (χ4v) is 4.19. The molecule has 28 heavy (non-hydrogen) atoms. The van der Waals surface area contributed by atoms with Gasteiger partial charge in [-0.15, -0.1) is 11.3 Å². The molecule has 0 saturated carbocycles. The van der Waals surface area contributed by atoms with Crippen molar-refractivity contribution in [2.24, 2.45) is 0 Å². The van der Waals surface area contributed by atoms with Crippen LogP contribution in [0.25, 0.3) is 0 Å². The number of nitrogens with one attached hydrogen (secondary N) is 1. The van der Waals surface area contributed by atoms with Crippen LogP contribution in [0.4, 0.5) is 4.79 Å². The number of carbonyl (C=O) groups is 2. The number of urea groups is 1. The van der Waals surface area contributed by atoms with Gasteiger partial charge in [0.2, 0.25) is 0 Å². The standard InChI is InChI=1S/C21H18ClN3O2S/c1-21(15-5-3-2-4-6-15)19(26)25(20(27)24-21)12-17-13-28-18(23-17)11-14-7-9-16(22)10-8-14/h2-10,13H,11-12H2,1H3,(H,24,27). The number of hydrogen-bond donors (Lipinski definition) is 1. The summed E-state index contributed by atoms with van der Waals surface area (Å²) in [5, 5.41) is 6.34. The van der Waals surface area contributed by atoms with Gasteiger partial charge in [0.15, 0.2) is 0 Å². The summed E-state index contributed by atoms with van der Waals surface area (Å²) in [7, 11) is 0. The molecule has 1 aliphatic rings. The third-order valence-corrected chi connectivity index (χ3v) is 5.96. The van der Waals surface area contributed by atoms with Gasteiger partial charge in [-0.3, -0.25) is 9.69 Å². The second-order valence-electron chi connectivity index (χ2n) is 6.85. The Hall–Kier alpha value is -2.70. The van der Waals surface area contributed by atoms with Crippen molar-refractivity contribution < 1.29 is 9.59 Å². The number of carbonyl (C=O) groups excluding carboxylic acids is 2. The molecule has 0 bridgehead atoms. The van der Waals surface area contributed by atoms with Gasteiger partial charge in [0.05, 0.1) is 17.2 Å². The number of hydrogen-bond acceptors (Lipinski definition) is 4. The fourth-order valence-electron chi connectivity index (χ4n) is 3.25. The Kier molecular flexibility index (Phi) is 4.91. The molecular formula is C21H18ClN3O2S. The van der Waals surface area contributed by atoms with Crippen molar-refractivity contribution in [1.82, 2.24) is 15.2 Å². The first-order valence-electron chi connectivity index (χ1n) is 8.83. The van der Waals surface area contributed by atoms with Crippen molar-refractivity contribution in [2.45, 2.75) is 25.4 Å². The van der Waals surface area contributed by atoms with Gasteiger partial charge in [0, 0.05) is 16.8 Å². The lowest BCUT2D eigenvalue weighted by Gasteiger charge is -2.21. The summed E-state index contributed by atoms with van der Waals surface area (Å²) >= 11 is 7.44. The van der Waals surface area contributed by atoms with Crippen LogP contribution >= 0.6 is 22.9 Å². The van der Waals surface area contributed by atoms with E-state index < -0.39 is 11.6 Å². The SMILES string of the molecule is CC1(c2ccccc2)NC(=O)N(Cc2csc(Cc3ccc(Cl)cc3)n2)C1=O. The normalized spacial score (nSPS) is 19.1. The van der Waals surface area contributed by atoms with Crippen LogP contribution in [0.1, 0.15) is 28.8 Å². The third-order valence-electron chi connectivity index (χ3n) is 4.81. The van der Waals surface area contributed by atoms with Gasteiger partial charge >= 0.3 is 6.03 Å². The van der Waals surface area contributed by atoms with E-state index in [1.165, 1.54) is 16.2 Å². The van der Waals surface area contributed by atoms with E-state index in [-0.39, 0.29) is 12.5 Å². The number of thiazole rings is 1. The van der Waals surface area contributed by atoms with E-state index in [2.05, 4.69) is 10.3 Å².